The molecule has 2 aromatic carbocycles. The summed E-state index contributed by atoms with van der Waals surface area (Å²) in [6, 6.07) is 12.1. The van der Waals surface area contributed by atoms with Crippen molar-refractivity contribution in [1.29, 1.82) is 0 Å². The Bertz CT molecular complexity index is 900. The number of nitrogens with one attached hydrogen (secondary N) is 1. The van der Waals surface area contributed by atoms with Gasteiger partial charge in [0.15, 0.2) is 0 Å². The average molecular weight is 410 g/mol. The Hall–Kier alpha value is -2.76. The van der Waals surface area contributed by atoms with Crippen LogP contribution in [0, 0.1) is 5.92 Å². The molecule has 1 saturated carbocycles. The smallest absolute Gasteiger partial charge is 0.317 e. The molecule has 3 amide bonds. The van der Waals surface area contributed by atoms with Gasteiger partial charge in [0.05, 0.1) is 7.11 Å². The van der Waals surface area contributed by atoms with Crippen molar-refractivity contribution in [2.75, 3.05) is 33.3 Å². The summed E-state index contributed by atoms with van der Waals surface area (Å²) in [4.78, 5) is 28.8. The first-order valence-electron chi connectivity index (χ1n) is 11.0. The Morgan fingerprint density at radius 2 is 1.63 bits per heavy atom. The molecule has 1 saturated heterocycles. The second-order valence-corrected chi connectivity index (χ2v) is 8.43. The second kappa shape index (κ2) is 9.37. The number of fused-ring (bicyclic) bond motifs is 1. The Kier molecular flexibility index (Phi) is 6.41. The largest absolute Gasteiger partial charge is 0.497 e. The molecule has 0 spiro atoms. The molecule has 160 valence electrons. The average Bonchev–Trinajstić information content (AvgIpc) is 3.30. The molecule has 6 nitrogen and oxygen atoms in total. The molecule has 0 atom stereocenters. The van der Waals surface area contributed by atoms with E-state index in [2.05, 4.69) is 11.4 Å². The summed E-state index contributed by atoms with van der Waals surface area (Å²) in [5, 5.41) is 5.25. The summed E-state index contributed by atoms with van der Waals surface area (Å²) in [5.41, 5.74) is 1.06. The molecular weight excluding hydrogens is 378 g/mol. The number of hydrogen-bond acceptors (Lipinski definition) is 3. The van der Waals surface area contributed by atoms with Gasteiger partial charge in [-0.2, -0.15) is 0 Å². The topological polar surface area (TPSA) is 61.9 Å². The number of benzene rings is 2. The third-order valence-corrected chi connectivity index (χ3v) is 6.41. The van der Waals surface area contributed by atoms with Gasteiger partial charge < -0.3 is 19.9 Å². The molecule has 1 heterocycles. The molecule has 0 unspecified atom stereocenters. The Labute approximate surface area is 178 Å². The molecule has 4 rings (SSSR count). The molecule has 0 radical (unpaired) electrons. The number of amides is 3. The predicted molar refractivity (Wildman–Crippen MR) is 117 cm³/mol. The van der Waals surface area contributed by atoms with Crippen LogP contribution in [0.15, 0.2) is 36.4 Å². The van der Waals surface area contributed by atoms with Crippen LogP contribution in [0.2, 0.25) is 0 Å². The molecule has 2 aliphatic rings. The number of carbonyl (C=O) groups excluding carboxylic acids is 2. The summed E-state index contributed by atoms with van der Waals surface area (Å²) in [5.74, 6) is 1.67. The van der Waals surface area contributed by atoms with Crippen LogP contribution in [0.4, 0.5) is 4.79 Å². The van der Waals surface area contributed by atoms with E-state index in [9.17, 15) is 9.59 Å². The van der Waals surface area contributed by atoms with Crippen molar-refractivity contribution in [1.82, 2.24) is 15.1 Å². The van der Waals surface area contributed by atoms with Crippen LogP contribution in [0.3, 0.4) is 0 Å². The van der Waals surface area contributed by atoms with Crippen molar-refractivity contribution in [2.45, 2.75) is 38.6 Å². The van der Waals surface area contributed by atoms with E-state index in [1.54, 1.807) is 7.11 Å². The van der Waals surface area contributed by atoms with Gasteiger partial charge in [-0.15, -0.1) is 0 Å². The van der Waals surface area contributed by atoms with Gasteiger partial charge in [-0.25, -0.2) is 4.79 Å². The number of rotatable bonds is 5. The first-order chi connectivity index (χ1) is 14.6. The van der Waals surface area contributed by atoms with Crippen LogP contribution in [0.25, 0.3) is 10.8 Å². The van der Waals surface area contributed by atoms with Crippen LogP contribution in [-0.2, 0) is 11.3 Å². The Balaban J connectivity index is 1.24. The highest BCUT2D eigenvalue weighted by Gasteiger charge is 2.26. The van der Waals surface area contributed by atoms with Crippen LogP contribution in [0.1, 0.15) is 37.7 Å². The molecule has 2 fully saturated rings. The summed E-state index contributed by atoms with van der Waals surface area (Å²) in [7, 11) is 1.66. The zero-order valence-corrected chi connectivity index (χ0v) is 17.7. The SMILES string of the molecule is COc1ccc2cc(CNC(=O)N3CCN(C(=O)CC4CCCC4)CC3)ccc2c1. The quantitative estimate of drug-likeness (QED) is 0.817. The van der Waals surface area contributed by atoms with Gasteiger partial charge in [-0.3, -0.25) is 4.79 Å². The molecule has 6 heteroatoms. The maximum absolute atomic E-state index is 12.6. The van der Waals surface area contributed by atoms with Crippen LogP contribution < -0.4 is 10.1 Å². The van der Waals surface area contributed by atoms with Crippen molar-refractivity contribution in [3.8, 4) is 5.75 Å². The van der Waals surface area contributed by atoms with E-state index in [4.69, 9.17) is 4.74 Å². The fourth-order valence-electron chi connectivity index (χ4n) is 4.55. The minimum Gasteiger partial charge on any atom is -0.497 e. The van der Waals surface area contributed by atoms with Crippen LogP contribution in [-0.4, -0.2) is 55.0 Å². The summed E-state index contributed by atoms with van der Waals surface area (Å²) in [6.07, 6.45) is 5.58. The normalized spacial score (nSPS) is 17.4. The first kappa shape index (κ1) is 20.5. The molecule has 30 heavy (non-hydrogen) atoms. The zero-order chi connectivity index (χ0) is 20.9. The Morgan fingerprint density at radius 1 is 0.967 bits per heavy atom. The lowest BCUT2D eigenvalue weighted by Gasteiger charge is -2.35. The summed E-state index contributed by atoms with van der Waals surface area (Å²) >= 11 is 0. The molecule has 0 aromatic heterocycles. The van der Waals surface area contributed by atoms with Crippen molar-refractivity contribution >= 4 is 22.7 Å². The van der Waals surface area contributed by atoms with E-state index in [0.29, 0.717) is 45.1 Å². The number of methoxy groups -OCH3 is 1. The fourth-order valence-corrected chi connectivity index (χ4v) is 4.55. The number of nitrogens with zero attached hydrogens (tertiary/aromatic N) is 2. The third kappa shape index (κ3) is 4.86. The van der Waals surface area contributed by atoms with Crippen LogP contribution in [0.5, 0.6) is 5.75 Å². The highest BCUT2D eigenvalue weighted by molar-refractivity contribution is 5.84. The maximum Gasteiger partial charge on any atom is 0.317 e. The lowest BCUT2D eigenvalue weighted by Crippen LogP contribution is -2.53. The van der Waals surface area contributed by atoms with Gasteiger partial charge in [-0.05, 0) is 53.3 Å². The monoisotopic (exact) mass is 409 g/mol. The summed E-state index contributed by atoms with van der Waals surface area (Å²) < 4.78 is 5.27. The molecule has 1 N–H and O–H groups in total. The molecule has 1 aliphatic heterocycles. The van der Waals surface area contributed by atoms with Gasteiger partial charge >= 0.3 is 6.03 Å². The van der Waals surface area contributed by atoms with Crippen LogP contribution >= 0.6 is 0 Å². The number of carbonyl (C=O) groups is 2. The highest BCUT2D eigenvalue weighted by Crippen LogP contribution is 2.28. The molecule has 2 aromatic rings. The first-order valence-corrected chi connectivity index (χ1v) is 11.0. The van der Waals surface area contributed by atoms with Gasteiger partial charge in [-0.1, -0.05) is 31.0 Å². The number of urea groups is 1. The van der Waals surface area contributed by atoms with Crippen molar-refractivity contribution in [3.63, 3.8) is 0 Å². The van der Waals surface area contributed by atoms with E-state index in [0.717, 1.165) is 22.1 Å². The van der Waals surface area contributed by atoms with E-state index in [1.807, 2.05) is 40.1 Å². The molecule has 0 bridgehead atoms. The van der Waals surface area contributed by atoms with Gasteiger partial charge in [0.2, 0.25) is 5.91 Å². The third-order valence-electron chi connectivity index (χ3n) is 6.41. The Morgan fingerprint density at radius 3 is 2.37 bits per heavy atom. The van der Waals surface area contributed by atoms with Crippen molar-refractivity contribution < 1.29 is 14.3 Å². The zero-order valence-electron chi connectivity index (χ0n) is 17.7. The number of ether oxygens (including phenoxy) is 1. The molecule has 1 aliphatic carbocycles. The minimum absolute atomic E-state index is 0.0623. The fraction of sp³-hybridized carbons (Fsp3) is 0.500. The van der Waals surface area contributed by atoms with E-state index in [-0.39, 0.29) is 11.9 Å². The summed E-state index contributed by atoms with van der Waals surface area (Å²) in [6.45, 7) is 2.95. The van der Waals surface area contributed by atoms with Crippen molar-refractivity contribution in [2.24, 2.45) is 5.92 Å². The van der Waals surface area contributed by atoms with E-state index in [1.165, 1.54) is 25.7 Å². The van der Waals surface area contributed by atoms with Gasteiger partial charge in [0.1, 0.15) is 5.75 Å². The van der Waals surface area contributed by atoms with E-state index < -0.39 is 0 Å². The standard InChI is InChI=1S/C24H31N3O3/c1-30-22-9-8-20-14-19(6-7-21(20)16-22)17-25-24(29)27-12-10-26(11-13-27)23(28)15-18-4-2-3-5-18/h6-9,14,16,18H,2-5,10-13,15,17H2,1H3,(H,25,29). The minimum atomic E-state index is -0.0623. The van der Waals surface area contributed by atoms with E-state index >= 15 is 0 Å². The van der Waals surface area contributed by atoms with Crippen molar-refractivity contribution in [3.05, 3.63) is 42.0 Å². The van der Waals surface area contributed by atoms with Gasteiger partial charge in [0.25, 0.3) is 0 Å². The second-order valence-electron chi connectivity index (χ2n) is 8.43. The lowest BCUT2D eigenvalue weighted by atomic mass is 10.0. The van der Waals surface area contributed by atoms with Gasteiger partial charge in [0, 0.05) is 39.1 Å². The predicted octanol–water partition coefficient (Wildman–Crippen LogP) is 3.78. The lowest BCUT2D eigenvalue weighted by molar-refractivity contribution is -0.133. The molecular formula is C24H31N3O3. The highest BCUT2D eigenvalue weighted by atomic mass is 16.5. The number of piperazine rings is 1. The maximum atomic E-state index is 12.6. The number of hydrogen-bond donors (Lipinski definition) is 1.